The van der Waals surface area contributed by atoms with E-state index in [2.05, 4.69) is 114 Å². The van der Waals surface area contributed by atoms with Crippen LogP contribution in [0.1, 0.15) is 0 Å². The SMILES string of the molecule is c1ccc(-c2nc(-c3ccccc3)c3c(n2)c2cc(-c4cccc5c4oc4ccccc45)ccc2n3-c2ccccc2)cc1. The van der Waals surface area contributed by atoms with Crippen LogP contribution in [0.25, 0.3) is 83.3 Å². The summed E-state index contributed by atoms with van der Waals surface area (Å²) >= 11 is 0. The Morgan fingerprint density at radius 1 is 0.500 bits per heavy atom. The second-order valence-corrected chi connectivity index (χ2v) is 11.0. The predicted octanol–water partition coefficient (Wildman–Crippen LogP) is 10.5. The Morgan fingerprint density at radius 3 is 1.98 bits per heavy atom. The molecule has 0 fully saturated rings. The van der Waals surface area contributed by atoms with Crippen LogP contribution in [0.3, 0.4) is 0 Å². The molecule has 0 N–H and O–H groups in total. The van der Waals surface area contributed by atoms with Crippen LogP contribution in [0.5, 0.6) is 0 Å². The first-order valence-corrected chi connectivity index (χ1v) is 14.8. The Labute approximate surface area is 253 Å². The van der Waals surface area contributed by atoms with Crippen LogP contribution < -0.4 is 0 Å². The Balaban J connectivity index is 1.40. The molecule has 9 rings (SSSR count). The highest BCUT2D eigenvalue weighted by Gasteiger charge is 2.22. The summed E-state index contributed by atoms with van der Waals surface area (Å²) in [6.45, 7) is 0. The first kappa shape index (κ1) is 24.6. The van der Waals surface area contributed by atoms with Gasteiger partial charge in [-0.2, -0.15) is 0 Å². The van der Waals surface area contributed by atoms with Crippen molar-refractivity contribution in [1.29, 1.82) is 0 Å². The minimum atomic E-state index is 0.703. The van der Waals surface area contributed by atoms with Crippen LogP contribution in [-0.2, 0) is 0 Å². The van der Waals surface area contributed by atoms with Gasteiger partial charge in [-0.1, -0.05) is 121 Å². The van der Waals surface area contributed by atoms with E-state index in [1.807, 2.05) is 42.5 Å². The summed E-state index contributed by atoms with van der Waals surface area (Å²) in [6, 6.07) is 52.4. The first-order chi connectivity index (χ1) is 21.8. The molecular weight excluding hydrogens is 538 g/mol. The number of benzene rings is 6. The molecule has 0 aliphatic heterocycles. The summed E-state index contributed by atoms with van der Waals surface area (Å²) in [4.78, 5) is 10.5. The van der Waals surface area contributed by atoms with Crippen LogP contribution in [0, 0.1) is 0 Å². The molecule has 0 saturated heterocycles. The van der Waals surface area contributed by atoms with E-state index in [-0.39, 0.29) is 0 Å². The average Bonchev–Trinajstić information content (AvgIpc) is 3.65. The van der Waals surface area contributed by atoms with Crippen molar-refractivity contribution in [2.24, 2.45) is 0 Å². The molecule has 0 atom stereocenters. The third-order valence-electron chi connectivity index (χ3n) is 8.41. The third-order valence-corrected chi connectivity index (χ3v) is 8.41. The molecule has 0 saturated carbocycles. The van der Waals surface area contributed by atoms with Gasteiger partial charge in [0.05, 0.1) is 16.7 Å². The second kappa shape index (κ2) is 9.79. The molecule has 4 nitrogen and oxygen atoms in total. The zero-order valence-electron chi connectivity index (χ0n) is 23.7. The monoisotopic (exact) mass is 563 g/mol. The van der Waals surface area contributed by atoms with Gasteiger partial charge in [0.15, 0.2) is 5.82 Å². The van der Waals surface area contributed by atoms with Crippen molar-refractivity contribution in [2.75, 3.05) is 0 Å². The molecule has 6 aromatic carbocycles. The number of rotatable bonds is 4. The van der Waals surface area contributed by atoms with Crippen molar-refractivity contribution >= 4 is 43.9 Å². The van der Waals surface area contributed by atoms with Gasteiger partial charge < -0.3 is 8.98 Å². The highest BCUT2D eigenvalue weighted by molar-refractivity contribution is 6.14. The summed E-state index contributed by atoms with van der Waals surface area (Å²) in [5.41, 5.74) is 10.9. The van der Waals surface area contributed by atoms with Crippen molar-refractivity contribution in [2.45, 2.75) is 0 Å². The summed E-state index contributed by atoms with van der Waals surface area (Å²) < 4.78 is 8.73. The van der Waals surface area contributed by atoms with Crippen molar-refractivity contribution in [3.8, 4) is 39.5 Å². The first-order valence-electron chi connectivity index (χ1n) is 14.8. The van der Waals surface area contributed by atoms with Crippen molar-refractivity contribution in [3.05, 3.63) is 152 Å². The standard InChI is InChI=1S/C40H25N3O/c1-4-13-26(14-5-1)36-38-37(42-40(41-36)27-15-6-2-7-16-27)33-25-28(23-24-34(33)43(38)29-17-8-3-9-18-29)30-20-12-21-32-31-19-10-11-22-35(31)44-39(30)32/h1-25H. The molecule has 0 bridgehead atoms. The number of nitrogens with zero attached hydrogens (tertiary/aromatic N) is 3. The lowest BCUT2D eigenvalue weighted by Crippen LogP contribution is -1.99. The van der Waals surface area contributed by atoms with E-state index in [4.69, 9.17) is 14.4 Å². The van der Waals surface area contributed by atoms with Crippen LogP contribution in [0.15, 0.2) is 156 Å². The smallest absolute Gasteiger partial charge is 0.160 e. The number of hydrogen-bond donors (Lipinski definition) is 0. The Bertz CT molecular complexity index is 2480. The van der Waals surface area contributed by atoms with E-state index >= 15 is 0 Å². The fourth-order valence-corrected chi connectivity index (χ4v) is 6.40. The van der Waals surface area contributed by atoms with Gasteiger partial charge in [0, 0.05) is 38.5 Å². The maximum Gasteiger partial charge on any atom is 0.160 e. The van der Waals surface area contributed by atoms with E-state index in [1.165, 1.54) is 0 Å². The number of para-hydroxylation sites is 3. The number of aromatic nitrogens is 3. The molecule has 0 unspecified atom stereocenters. The maximum absolute atomic E-state index is 6.44. The van der Waals surface area contributed by atoms with Gasteiger partial charge in [-0.3, -0.25) is 0 Å². The van der Waals surface area contributed by atoms with E-state index in [0.29, 0.717) is 5.82 Å². The minimum absolute atomic E-state index is 0.703. The molecule has 3 aromatic heterocycles. The average molecular weight is 564 g/mol. The Kier molecular flexibility index (Phi) is 5.47. The van der Waals surface area contributed by atoms with Gasteiger partial charge in [-0.25, -0.2) is 9.97 Å². The Hall–Kier alpha value is -6.00. The summed E-state index contributed by atoms with van der Waals surface area (Å²) in [7, 11) is 0. The summed E-state index contributed by atoms with van der Waals surface area (Å²) in [6.07, 6.45) is 0. The molecule has 0 aliphatic carbocycles. The lowest BCUT2D eigenvalue weighted by molar-refractivity contribution is 0.670. The van der Waals surface area contributed by atoms with Crippen molar-refractivity contribution < 1.29 is 4.42 Å². The van der Waals surface area contributed by atoms with Crippen molar-refractivity contribution in [1.82, 2.24) is 14.5 Å². The van der Waals surface area contributed by atoms with Crippen LogP contribution in [0.4, 0.5) is 0 Å². The van der Waals surface area contributed by atoms with E-state index in [1.54, 1.807) is 0 Å². The van der Waals surface area contributed by atoms with E-state index < -0.39 is 0 Å². The van der Waals surface area contributed by atoms with E-state index in [0.717, 1.165) is 77.5 Å². The molecule has 4 heteroatoms. The van der Waals surface area contributed by atoms with Gasteiger partial charge in [-0.05, 0) is 35.9 Å². The van der Waals surface area contributed by atoms with Gasteiger partial charge in [0.25, 0.3) is 0 Å². The fraction of sp³-hybridized carbons (Fsp3) is 0. The molecular formula is C40H25N3O. The third kappa shape index (κ3) is 3.78. The van der Waals surface area contributed by atoms with Crippen LogP contribution >= 0.6 is 0 Å². The molecule has 3 heterocycles. The fourth-order valence-electron chi connectivity index (χ4n) is 6.40. The van der Waals surface area contributed by atoms with Gasteiger partial charge in [-0.15, -0.1) is 0 Å². The predicted molar refractivity (Wildman–Crippen MR) is 180 cm³/mol. The summed E-state index contributed by atoms with van der Waals surface area (Å²) in [5.74, 6) is 0.703. The number of fused-ring (bicyclic) bond motifs is 6. The maximum atomic E-state index is 6.44. The highest BCUT2D eigenvalue weighted by Crippen LogP contribution is 2.41. The molecule has 0 aliphatic rings. The number of furan rings is 1. The molecule has 44 heavy (non-hydrogen) atoms. The van der Waals surface area contributed by atoms with Gasteiger partial charge in [0.2, 0.25) is 0 Å². The topological polar surface area (TPSA) is 43.9 Å². The largest absolute Gasteiger partial charge is 0.455 e. The summed E-state index contributed by atoms with van der Waals surface area (Å²) in [5, 5.41) is 3.30. The minimum Gasteiger partial charge on any atom is -0.455 e. The lowest BCUT2D eigenvalue weighted by Gasteiger charge is -2.12. The number of hydrogen-bond acceptors (Lipinski definition) is 3. The molecule has 0 amide bonds. The molecule has 0 radical (unpaired) electrons. The molecule has 9 aromatic rings. The lowest BCUT2D eigenvalue weighted by atomic mass is 10.0. The normalized spacial score (nSPS) is 11.6. The van der Waals surface area contributed by atoms with E-state index in [9.17, 15) is 0 Å². The quantitative estimate of drug-likeness (QED) is 0.214. The molecule has 206 valence electrons. The zero-order valence-corrected chi connectivity index (χ0v) is 23.7. The van der Waals surface area contributed by atoms with Gasteiger partial charge >= 0.3 is 0 Å². The van der Waals surface area contributed by atoms with Gasteiger partial charge in [0.1, 0.15) is 16.7 Å². The zero-order chi connectivity index (χ0) is 29.0. The molecule has 0 spiro atoms. The highest BCUT2D eigenvalue weighted by atomic mass is 16.3. The van der Waals surface area contributed by atoms with Crippen LogP contribution in [0.2, 0.25) is 0 Å². The second-order valence-electron chi connectivity index (χ2n) is 11.0. The van der Waals surface area contributed by atoms with Crippen molar-refractivity contribution in [3.63, 3.8) is 0 Å². The van der Waals surface area contributed by atoms with Crippen LogP contribution in [-0.4, -0.2) is 14.5 Å². The Morgan fingerprint density at radius 2 is 1.18 bits per heavy atom.